The van der Waals surface area contributed by atoms with E-state index in [-0.39, 0.29) is 18.3 Å². The second kappa shape index (κ2) is 9.05. The maximum Gasteiger partial charge on any atom is 0.253 e. The molecule has 0 spiro atoms. The molecule has 1 saturated heterocycles. The molecule has 1 aliphatic heterocycles. The first kappa shape index (κ1) is 21.7. The Balaban J connectivity index is 0.00000261. The molecule has 148 valence electrons. The van der Waals surface area contributed by atoms with Crippen LogP contribution in [0.2, 0.25) is 0 Å². The van der Waals surface area contributed by atoms with Crippen molar-refractivity contribution >= 4 is 45.4 Å². The van der Waals surface area contributed by atoms with Gasteiger partial charge in [0, 0.05) is 23.7 Å². The molecule has 1 aromatic carbocycles. The third-order valence-corrected chi connectivity index (χ3v) is 7.85. The number of aryl methyl sites for hydroxylation is 1. The van der Waals surface area contributed by atoms with Gasteiger partial charge in [0.2, 0.25) is 5.91 Å². The molecule has 1 amide bonds. The summed E-state index contributed by atoms with van der Waals surface area (Å²) < 4.78 is 27.3. The topological polar surface area (TPSA) is 92.5 Å². The number of halogens is 1. The number of nitrogens with zero attached hydrogens (tertiary/aromatic N) is 1. The first-order valence-electron chi connectivity index (χ1n) is 8.58. The lowest BCUT2D eigenvalue weighted by Gasteiger charge is -2.22. The van der Waals surface area contributed by atoms with Gasteiger partial charge in [0.05, 0.1) is 0 Å². The molecule has 0 radical (unpaired) electrons. The number of hydrogen-bond donors (Lipinski definition) is 2. The van der Waals surface area contributed by atoms with Crippen LogP contribution in [0.1, 0.15) is 23.3 Å². The van der Waals surface area contributed by atoms with Crippen molar-refractivity contribution in [3.63, 3.8) is 0 Å². The fraction of sp³-hybridized carbons (Fsp3) is 0.389. The van der Waals surface area contributed by atoms with E-state index in [0.717, 1.165) is 10.4 Å². The lowest BCUT2D eigenvalue weighted by molar-refractivity contribution is -0.124. The fourth-order valence-electron chi connectivity index (χ4n) is 3.09. The SMILES string of the molecule is Cc1ccc(S(=O)(=O)N2CCCC2C(=O)NCCc2ccc(N)cc2)s1.Cl. The van der Waals surface area contributed by atoms with Gasteiger partial charge in [-0.2, -0.15) is 4.31 Å². The van der Waals surface area contributed by atoms with Crippen LogP contribution in [0.25, 0.3) is 0 Å². The molecule has 0 saturated carbocycles. The van der Waals surface area contributed by atoms with E-state index >= 15 is 0 Å². The molecular weight excluding hydrogens is 406 g/mol. The fourth-order valence-corrected chi connectivity index (χ4v) is 6.16. The van der Waals surface area contributed by atoms with Crippen LogP contribution in [-0.4, -0.2) is 37.8 Å². The minimum absolute atomic E-state index is 0. The summed E-state index contributed by atoms with van der Waals surface area (Å²) in [7, 11) is -3.62. The molecule has 3 N–H and O–H groups in total. The lowest BCUT2D eigenvalue weighted by Crippen LogP contribution is -2.46. The summed E-state index contributed by atoms with van der Waals surface area (Å²) in [6, 6.07) is 10.3. The van der Waals surface area contributed by atoms with Crippen LogP contribution in [0.15, 0.2) is 40.6 Å². The van der Waals surface area contributed by atoms with Gasteiger partial charge >= 0.3 is 0 Å². The summed E-state index contributed by atoms with van der Waals surface area (Å²) in [5.74, 6) is -0.227. The maximum absolute atomic E-state index is 12.8. The van der Waals surface area contributed by atoms with E-state index in [2.05, 4.69) is 5.32 Å². The molecule has 1 aliphatic rings. The van der Waals surface area contributed by atoms with Gasteiger partial charge in [-0.05, 0) is 56.0 Å². The number of hydrogen-bond acceptors (Lipinski definition) is 5. The van der Waals surface area contributed by atoms with Crippen LogP contribution in [0.5, 0.6) is 0 Å². The zero-order chi connectivity index (χ0) is 18.7. The summed E-state index contributed by atoms with van der Waals surface area (Å²) in [4.78, 5) is 13.5. The van der Waals surface area contributed by atoms with Crippen LogP contribution in [-0.2, 0) is 21.2 Å². The van der Waals surface area contributed by atoms with Gasteiger partial charge in [0.15, 0.2) is 0 Å². The minimum atomic E-state index is -3.62. The highest BCUT2D eigenvalue weighted by Crippen LogP contribution is 2.30. The average Bonchev–Trinajstić information content (AvgIpc) is 3.26. The Labute approximate surface area is 170 Å². The largest absolute Gasteiger partial charge is 0.399 e. The number of rotatable bonds is 6. The number of carbonyl (C=O) groups excluding carboxylic acids is 1. The molecule has 9 heteroatoms. The zero-order valence-corrected chi connectivity index (χ0v) is 17.5. The molecule has 0 bridgehead atoms. The predicted molar refractivity (Wildman–Crippen MR) is 111 cm³/mol. The first-order valence-corrected chi connectivity index (χ1v) is 10.8. The van der Waals surface area contributed by atoms with Crippen molar-refractivity contribution in [1.29, 1.82) is 0 Å². The highest BCUT2D eigenvalue weighted by Gasteiger charge is 2.39. The first-order chi connectivity index (χ1) is 12.4. The molecule has 0 aliphatic carbocycles. The van der Waals surface area contributed by atoms with E-state index in [1.165, 1.54) is 15.6 Å². The van der Waals surface area contributed by atoms with Gasteiger partial charge in [0.1, 0.15) is 10.3 Å². The molecular formula is C18H24ClN3O3S2. The smallest absolute Gasteiger partial charge is 0.253 e. The Kier molecular flexibility index (Phi) is 7.27. The number of anilines is 1. The minimum Gasteiger partial charge on any atom is -0.399 e. The number of thiophene rings is 1. The van der Waals surface area contributed by atoms with Crippen LogP contribution >= 0.6 is 23.7 Å². The quantitative estimate of drug-likeness (QED) is 0.690. The lowest BCUT2D eigenvalue weighted by atomic mass is 10.1. The van der Waals surface area contributed by atoms with E-state index in [9.17, 15) is 13.2 Å². The summed E-state index contributed by atoms with van der Waals surface area (Å²) in [5, 5.41) is 2.87. The van der Waals surface area contributed by atoms with Crippen molar-refractivity contribution < 1.29 is 13.2 Å². The van der Waals surface area contributed by atoms with Gasteiger partial charge < -0.3 is 11.1 Å². The van der Waals surface area contributed by atoms with Crippen molar-refractivity contribution in [2.45, 2.75) is 36.4 Å². The number of nitrogen functional groups attached to an aromatic ring is 1. The van der Waals surface area contributed by atoms with Crippen LogP contribution in [0.3, 0.4) is 0 Å². The molecule has 1 unspecified atom stereocenters. The number of nitrogens with two attached hydrogens (primary N) is 1. The van der Waals surface area contributed by atoms with E-state index in [4.69, 9.17) is 5.73 Å². The summed E-state index contributed by atoms with van der Waals surface area (Å²) in [5.41, 5.74) is 7.44. The van der Waals surface area contributed by atoms with E-state index in [1.807, 2.05) is 31.2 Å². The average molecular weight is 430 g/mol. The van der Waals surface area contributed by atoms with Crippen LogP contribution in [0, 0.1) is 6.92 Å². The van der Waals surface area contributed by atoms with E-state index in [0.29, 0.717) is 42.2 Å². The Hall–Kier alpha value is -1.61. The molecule has 3 rings (SSSR count). The second-order valence-corrected chi connectivity index (χ2v) is 9.83. The van der Waals surface area contributed by atoms with E-state index < -0.39 is 16.1 Å². The van der Waals surface area contributed by atoms with Crippen molar-refractivity contribution in [2.75, 3.05) is 18.8 Å². The Morgan fingerprint density at radius 1 is 1.26 bits per heavy atom. The summed E-state index contributed by atoms with van der Waals surface area (Å²) in [6.07, 6.45) is 1.92. The molecule has 1 atom stereocenters. The zero-order valence-electron chi connectivity index (χ0n) is 15.1. The normalized spacial score (nSPS) is 17.4. The van der Waals surface area contributed by atoms with E-state index in [1.54, 1.807) is 12.1 Å². The number of sulfonamides is 1. The molecule has 2 heterocycles. The third-order valence-electron chi connectivity index (χ3n) is 4.48. The number of amides is 1. The van der Waals surface area contributed by atoms with Gasteiger partial charge in [0.25, 0.3) is 10.0 Å². The Morgan fingerprint density at radius 2 is 1.96 bits per heavy atom. The Morgan fingerprint density at radius 3 is 2.59 bits per heavy atom. The third kappa shape index (κ3) is 5.01. The maximum atomic E-state index is 12.8. The molecule has 2 aromatic rings. The standard InChI is InChI=1S/C18H23N3O3S2.ClH/c1-13-4-9-17(25-13)26(23,24)21-12-2-3-16(21)18(22)20-11-10-14-5-7-15(19)8-6-14;/h4-9,16H,2-3,10-12,19H2,1H3,(H,20,22);1H. The molecule has 27 heavy (non-hydrogen) atoms. The number of carbonyl (C=O) groups is 1. The monoisotopic (exact) mass is 429 g/mol. The molecule has 6 nitrogen and oxygen atoms in total. The predicted octanol–water partition coefficient (Wildman–Crippen LogP) is 2.57. The van der Waals surface area contributed by atoms with Gasteiger partial charge in [-0.1, -0.05) is 12.1 Å². The van der Waals surface area contributed by atoms with Crippen molar-refractivity contribution in [3.8, 4) is 0 Å². The van der Waals surface area contributed by atoms with Crippen molar-refractivity contribution in [3.05, 3.63) is 46.8 Å². The summed E-state index contributed by atoms with van der Waals surface area (Å²) in [6.45, 7) is 2.72. The highest BCUT2D eigenvalue weighted by molar-refractivity contribution is 7.91. The molecule has 1 fully saturated rings. The van der Waals surface area contributed by atoms with Gasteiger partial charge in [-0.3, -0.25) is 4.79 Å². The molecule has 1 aromatic heterocycles. The van der Waals surface area contributed by atoms with Gasteiger partial charge in [-0.25, -0.2) is 8.42 Å². The van der Waals surface area contributed by atoms with Crippen LogP contribution in [0.4, 0.5) is 5.69 Å². The Bertz CT molecular complexity index is 882. The second-order valence-electron chi connectivity index (χ2n) is 6.42. The number of nitrogens with one attached hydrogen (secondary N) is 1. The van der Waals surface area contributed by atoms with Crippen molar-refractivity contribution in [2.24, 2.45) is 0 Å². The number of benzene rings is 1. The highest BCUT2D eigenvalue weighted by atomic mass is 35.5. The summed E-state index contributed by atoms with van der Waals surface area (Å²) >= 11 is 1.24. The van der Waals surface area contributed by atoms with Crippen LogP contribution < -0.4 is 11.1 Å². The van der Waals surface area contributed by atoms with Crippen molar-refractivity contribution in [1.82, 2.24) is 9.62 Å². The van der Waals surface area contributed by atoms with Gasteiger partial charge in [-0.15, -0.1) is 23.7 Å².